The van der Waals surface area contributed by atoms with Crippen molar-refractivity contribution in [3.05, 3.63) is 0 Å². The van der Waals surface area contributed by atoms with Gasteiger partial charge in [-0.1, -0.05) is 0 Å². The lowest BCUT2D eigenvalue weighted by molar-refractivity contribution is -0.155. The van der Waals surface area contributed by atoms with E-state index in [1.165, 1.54) is 0 Å². The highest BCUT2D eigenvalue weighted by molar-refractivity contribution is 7.87. The Balaban J connectivity index is 2.04. The van der Waals surface area contributed by atoms with Crippen molar-refractivity contribution in [2.24, 2.45) is 0 Å². The first-order valence-corrected chi connectivity index (χ1v) is 7.50. The first-order chi connectivity index (χ1) is 9.70. The summed E-state index contributed by atoms with van der Waals surface area (Å²) in [5, 5.41) is 15.9. The van der Waals surface area contributed by atoms with E-state index in [9.17, 15) is 23.1 Å². The molecule has 3 N–H and O–H groups in total. The van der Waals surface area contributed by atoms with Gasteiger partial charge in [0, 0.05) is 0 Å². The van der Waals surface area contributed by atoms with Crippen molar-refractivity contribution < 1.29 is 47.0 Å². The molecule has 2 aliphatic heterocycles. The third-order valence-corrected chi connectivity index (χ3v) is 4.31. The molecule has 0 radical (unpaired) electrons. The monoisotopic (exact) mass is 326 g/mol. The second-order valence-corrected chi connectivity index (χ2v) is 6.34. The third kappa shape index (κ3) is 3.49. The summed E-state index contributed by atoms with van der Waals surface area (Å²) in [5.74, 6) is -2.98. The largest absolute Gasteiger partial charge is 0.481 e. The number of aliphatic carboxylic acids is 1. The number of carboxylic acid groups (broad SMARTS) is 1. The summed E-state index contributed by atoms with van der Waals surface area (Å²) in [5.41, 5.74) is 0. The Bertz CT molecular complexity index is 528. The van der Waals surface area contributed by atoms with Gasteiger partial charge in [0.2, 0.25) is 0 Å². The van der Waals surface area contributed by atoms with Crippen LogP contribution in [0.5, 0.6) is 0 Å². The fraction of sp³-hybridized carbons (Fsp3) is 0.800. The minimum Gasteiger partial charge on any atom is -0.481 e. The van der Waals surface area contributed by atoms with Crippen molar-refractivity contribution in [2.75, 3.05) is 13.2 Å². The lowest BCUT2D eigenvalue weighted by Gasteiger charge is -2.19. The number of esters is 1. The molecule has 0 aromatic heterocycles. The SMILES string of the molecule is O=C(O)CC(C(=O)O[C@H]1CO[C@H]2[C@@H]1OC[C@H]2O)S(=O)(=O)O. The number of hydrogen-bond donors (Lipinski definition) is 3. The predicted octanol–water partition coefficient (Wildman–Crippen LogP) is -2.21. The van der Waals surface area contributed by atoms with Gasteiger partial charge in [0.15, 0.2) is 11.4 Å². The molecule has 2 saturated heterocycles. The van der Waals surface area contributed by atoms with Crippen molar-refractivity contribution in [2.45, 2.75) is 36.1 Å². The number of carboxylic acids is 1. The summed E-state index contributed by atoms with van der Waals surface area (Å²) in [6.07, 6.45) is -4.42. The quantitative estimate of drug-likeness (QED) is 0.373. The molecule has 2 fully saturated rings. The van der Waals surface area contributed by atoms with Crippen LogP contribution in [0.25, 0.3) is 0 Å². The van der Waals surface area contributed by atoms with E-state index >= 15 is 0 Å². The molecule has 10 nitrogen and oxygen atoms in total. The average molecular weight is 326 g/mol. The molecule has 0 aromatic carbocycles. The van der Waals surface area contributed by atoms with Gasteiger partial charge in [0.05, 0.1) is 19.6 Å². The molecule has 21 heavy (non-hydrogen) atoms. The maximum absolute atomic E-state index is 11.8. The second kappa shape index (κ2) is 5.85. The molecule has 0 bridgehead atoms. The fourth-order valence-corrected chi connectivity index (χ4v) is 2.89. The molecule has 11 heteroatoms. The first-order valence-electron chi connectivity index (χ1n) is 6.00. The Morgan fingerprint density at radius 1 is 1.24 bits per heavy atom. The third-order valence-electron chi connectivity index (χ3n) is 3.23. The molecule has 1 unspecified atom stereocenters. The van der Waals surface area contributed by atoms with Gasteiger partial charge in [0.25, 0.3) is 10.1 Å². The molecule has 0 saturated carbocycles. The number of carbonyl (C=O) groups is 2. The van der Waals surface area contributed by atoms with E-state index in [0.29, 0.717) is 0 Å². The Labute approximate surface area is 119 Å². The number of aliphatic hydroxyl groups is 1. The summed E-state index contributed by atoms with van der Waals surface area (Å²) in [4.78, 5) is 22.3. The summed E-state index contributed by atoms with van der Waals surface area (Å²) >= 11 is 0. The van der Waals surface area contributed by atoms with E-state index in [1.807, 2.05) is 0 Å². The molecule has 2 heterocycles. The smallest absolute Gasteiger partial charge is 0.327 e. The van der Waals surface area contributed by atoms with Gasteiger partial charge in [-0.3, -0.25) is 14.1 Å². The van der Waals surface area contributed by atoms with Crippen LogP contribution in [0.2, 0.25) is 0 Å². The van der Waals surface area contributed by atoms with Gasteiger partial charge in [-0.25, -0.2) is 0 Å². The zero-order valence-corrected chi connectivity index (χ0v) is 11.4. The Morgan fingerprint density at radius 3 is 2.43 bits per heavy atom. The van der Waals surface area contributed by atoms with Gasteiger partial charge in [0.1, 0.15) is 18.3 Å². The van der Waals surface area contributed by atoms with Gasteiger partial charge in [-0.05, 0) is 0 Å². The molecule has 120 valence electrons. The van der Waals surface area contributed by atoms with Crippen LogP contribution in [-0.4, -0.2) is 78.0 Å². The van der Waals surface area contributed by atoms with Crippen LogP contribution in [0.3, 0.4) is 0 Å². The van der Waals surface area contributed by atoms with E-state index in [2.05, 4.69) is 0 Å². The van der Waals surface area contributed by atoms with Crippen LogP contribution >= 0.6 is 0 Å². The summed E-state index contributed by atoms with van der Waals surface area (Å²) in [7, 11) is -4.92. The maximum Gasteiger partial charge on any atom is 0.327 e. The minimum atomic E-state index is -4.92. The number of rotatable bonds is 5. The van der Waals surface area contributed by atoms with Crippen molar-refractivity contribution >= 4 is 22.1 Å². The van der Waals surface area contributed by atoms with Gasteiger partial charge in [-0.2, -0.15) is 8.42 Å². The van der Waals surface area contributed by atoms with Crippen molar-refractivity contribution in [1.29, 1.82) is 0 Å². The Kier molecular flexibility index (Phi) is 4.49. The number of aliphatic hydroxyl groups excluding tert-OH is 1. The topological polar surface area (TPSA) is 157 Å². The number of carbonyl (C=O) groups excluding carboxylic acids is 1. The van der Waals surface area contributed by atoms with E-state index in [-0.39, 0.29) is 13.2 Å². The zero-order valence-electron chi connectivity index (χ0n) is 10.6. The van der Waals surface area contributed by atoms with E-state index in [0.717, 1.165) is 0 Å². The first kappa shape index (κ1) is 16.1. The average Bonchev–Trinajstić information content (AvgIpc) is 2.89. The molecule has 0 aliphatic carbocycles. The van der Waals surface area contributed by atoms with Gasteiger partial charge in [-0.15, -0.1) is 0 Å². The second-order valence-electron chi connectivity index (χ2n) is 4.74. The van der Waals surface area contributed by atoms with Crippen LogP contribution in [0.15, 0.2) is 0 Å². The predicted molar refractivity (Wildman–Crippen MR) is 63.0 cm³/mol. The molecule has 0 amide bonds. The van der Waals surface area contributed by atoms with Crippen LogP contribution in [0.1, 0.15) is 6.42 Å². The van der Waals surface area contributed by atoms with Crippen LogP contribution in [-0.2, 0) is 33.9 Å². The standard InChI is InChI=1S/C10H14O10S/c11-4-2-18-9-5(3-19-8(4)9)20-10(14)6(1-7(12)13)21(15,16)17/h4-6,8-9,11H,1-3H2,(H,12,13)(H,15,16,17)/t4-,5+,6?,8-,9-/m1/s1. The van der Waals surface area contributed by atoms with Gasteiger partial charge < -0.3 is 24.4 Å². The van der Waals surface area contributed by atoms with E-state index in [1.54, 1.807) is 0 Å². The maximum atomic E-state index is 11.8. The molecular formula is C10H14O10S. The Morgan fingerprint density at radius 2 is 1.86 bits per heavy atom. The fourth-order valence-electron chi connectivity index (χ4n) is 2.24. The number of hydrogen-bond acceptors (Lipinski definition) is 8. The van der Waals surface area contributed by atoms with Crippen molar-refractivity contribution in [3.8, 4) is 0 Å². The number of fused-ring (bicyclic) bond motifs is 1. The van der Waals surface area contributed by atoms with E-state index in [4.69, 9.17) is 23.9 Å². The van der Waals surface area contributed by atoms with Gasteiger partial charge >= 0.3 is 11.9 Å². The summed E-state index contributed by atoms with van der Waals surface area (Å²) in [6.45, 7) is -0.135. The highest BCUT2D eigenvalue weighted by Gasteiger charge is 2.50. The van der Waals surface area contributed by atoms with Crippen LogP contribution in [0, 0.1) is 0 Å². The highest BCUT2D eigenvalue weighted by Crippen LogP contribution is 2.29. The molecule has 5 atom stereocenters. The van der Waals surface area contributed by atoms with Crippen molar-refractivity contribution in [3.63, 3.8) is 0 Å². The molecule has 2 rings (SSSR count). The lowest BCUT2D eigenvalue weighted by atomic mass is 10.1. The highest BCUT2D eigenvalue weighted by atomic mass is 32.2. The lowest BCUT2D eigenvalue weighted by Crippen LogP contribution is -2.40. The van der Waals surface area contributed by atoms with Crippen LogP contribution < -0.4 is 0 Å². The summed E-state index contributed by atoms with van der Waals surface area (Å²) < 4.78 is 46.2. The summed E-state index contributed by atoms with van der Waals surface area (Å²) in [6, 6.07) is 0. The molecular weight excluding hydrogens is 312 g/mol. The van der Waals surface area contributed by atoms with Crippen molar-refractivity contribution in [1.82, 2.24) is 0 Å². The Hall–Kier alpha value is -1.27. The van der Waals surface area contributed by atoms with Crippen LogP contribution in [0.4, 0.5) is 0 Å². The normalized spacial score (nSPS) is 33.4. The number of ether oxygens (including phenoxy) is 3. The molecule has 0 spiro atoms. The zero-order chi connectivity index (χ0) is 15.8. The molecule has 0 aromatic rings. The van der Waals surface area contributed by atoms with E-state index < -0.39 is 58.1 Å². The molecule has 2 aliphatic rings. The minimum absolute atomic E-state index is 0.0137.